The molecular weight excluding hydrogens is 191 g/mol. The van der Waals surface area contributed by atoms with Crippen LogP contribution in [-0.2, 0) is 0 Å². The summed E-state index contributed by atoms with van der Waals surface area (Å²) in [5.74, 6) is -0.227. The van der Waals surface area contributed by atoms with E-state index in [1.54, 1.807) is 12.1 Å². The maximum absolute atomic E-state index is 12.7. The summed E-state index contributed by atoms with van der Waals surface area (Å²) < 4.78 is 12.7. The van der Waals surface area contributed by atoms with Crippen molar-refractivity contribution in [2.45, 2.75) is 13.0 Å². The van der Waals surface area contributed by atoms with Gasteiger partial charge in [0, 0.05) is 19.1 Å². The van der Waals surface area contributed by atoms with Gasteiger partial charge in [-0.3, -0.25) is 0 Å². The van der Waals surface area contributed by atoms with Crippen molar-refractivity contribution in [2.75, 3.05) is 13.1 Å². The number of hydrogen-bond acceptors (Lipinski definition) is 2. The molecule has 1 aromatic rings. The van der Waals surface area contributed by atoms with E-state index in [2.05, 4.69) is 11.9 Å². The molecular formula is C12H17FN2. The molecule has 0 amide bonds. The van der Waals surface area contributed by atoms with Crippen LogP contribution in [0.2, 0.25) is 0 Å². The Hall–Kier alpha value is -1.19. The van der Waals surface area contributed by atoms with Gasteiger partial charge in [-0.15, -0.1) is 0 Å². The van der Waals surface area contributed by atoms with Gasteiger partial charge in [0.25, 0.3) is 0 Å². The Labute approximate surface area is 90.0 Å². The van der Waals surface area contributed by atoms with Gasteiger partial charge in [0.05, 0.1) is 0 Å². The lowest BCUT2D eigenvalue weighted by atomic mass is 10.1. The SMILES string of the molecule is C=C(C)CNC(CN)c1ccc(F)cc1. The molecule has 1 unspecified atom stereocenters. The Bertz CT molecular complexity index is 319. The van der Waals surface area contributed by atoms with Gasteiger partial charge in [-0.05, 0) is 24.6 Å². The molecule has 0 bridgehead atoms. The maximum Gasteiger partial charge on any atom is 0.123 e. The highest BCUT2D eigenvalue weighted by molar-refractivity contribution is 5.20. The predicted molar refractivity (Wildman–Crippen MR) is 61.0 cm³/mol. The third-order valence-corrected chi connectivity index (χ3v) is 2.16. The molecule has 15 heavy (non-hydrogen) atoms. The van der Waals surface area contributed by atoms with Crippen molar-refractivity contribution < 1.29 is 4.39 Å². The second-order valence-electron chi connectivity index (χ2n) is 3.68. The molecule has 0 radical (unpaired) electrons. The van der Waals surface area contributed by atoms with Gasteiger partial charge in [-0.1, -0.05) is 24.3 Å². The van der Waals surface area contributed by atoms with Crippen molar-refractivity contribution in [1.29, 1.82) is 0 Å². The van der Waals surface area contributed by atoms with Gasteiger partial charge in [0.15, 0.2) is 0 Å². The molecule has 3 N–H and O–H groups in total. The van der Waals surface area contributed by atoms with Crippen LogP contribution in [0, 0.1) is 5.82 Å². The van der Waals surface area contributed by atoms with E-state index >= 15 is 0 Å². The van der Waals surface area contributed by atoms with Crippen LogP contribution >= 0.6 is 0 Å². The van der Waals surface area contributed by atoms with Crippen molar-refractivity contribution in [1.82, 2.24) is 5.32 Å². The number of halogens is 1. The van der Waals surface area contributed by atoms with Gasteiger partial charge in [-0.25, -0.2) is 4.39 Å². The van der Waals surface area contributed by atoms with E-state index in [1.165, 1.54) is 12.1 Å². The van der Waals surface area contributed by atoms with Crippen molar-refractivity contribution in [3.05, 3.63) is 47.8 Å². The first-order valence-electron chi connectivity index (χ1n) is 4.96. The lowest BCUT2D eigenvalue weighted by Crippen LogP contribution is -2.29. The first-order chi connectivity index (χ1) is 7.13. The molecule has 0 aliphatic rings. The summed E-state index contributed by atoms with van der Waals surface area (Å²) in [6.45, 7) is 6.96. The molecule has 0 fully saturated rings. The molecule has 0 aliphatic heterocycles. The fraction of sp³-hybridized carbons (Fsp3) is 0.333. The number of hydrogen-bond donors (Lipinski definition) is 2. The highest BCUT2D eigenvalue weighted by Crippen LogP contribution is 2.12. The molecule has 0 spiro atoms. The summed E-state index contributed by atoms with van der Waals surface area (Å²) in [5, 5.41) is 3.26. The fourth-order valence-electron chi connectivity index (χ4n) is 1.33. The van der Waals surface area contributed by atoms with Crippen LogP contribution in [0.15, 0.2) is 36.4 Å². The van der Waals surface area contributed by atoms with Crippen LogP contribution in [0.4, 0.5) is 4.39 Å². The van der Waals surface area contributed by atoms with Gasteiger partial charge in [0.1, 0.15) is 5.82 Å². The Morgan fingerprint density at radius 1 is 1.47 bits per heavy atom. The second kappa shape index (κ2) is 5.63. The van der Waals surface area contributed by atoms with Crippen LogP contribution in [0.1, 0.15) is 18.5 Å². The van der Waals surface area contributed by atoms with E-state index in [1.807, 2.05) is 6.92 Å². The Morgan fingerprint density at radius 3 is 2.53 bits per heavy atom. The van der Waals surface area contributed by atoms with Crippen molar-refractivity contribution in [2.24, 2.45) is 5.73 Å². The molecule has 0 saturated carbocycles. The monoisotopic (exact) mass is 208 g/mol. The molecule has 0 saturated heterocycles. The Morgan fingerprint density at radius 2 is 2.07 bits per heavy atom. The van der Waals surface area contributed by atoms with Gasteiger partial charge < -0.3 is 11.1 Å². The minimum Gasteiger partial charge on any atom is -0.329 e. The summed E-state index contributed by atoms with van der Waals surface area (Å²) >= 11 is 0. The van der Waals surface area contributed by atoms with Crippen LogP contribution in [0.3, 0.4) is 0 Å². The van der Waals surface area contributed by atoms with Gasteiger partial charge in [0.2, 0.25) is 0 Å². The number of nitrogens with one attached hydrogen (secondary N) is 1. The molecule has 1 rings (SSSR count). The largest absolute Gasteiger partial charge is 0.329 e. The molecule has 2 nitrogen and oxygen atoms in total. The van der Waals surface area contributed by atoms with Crippen LogP contribution < -0.4 is 11.1 Å². The Balaban J connectivity index is 2.65. The molecule has 3 heteroatoms. The average Bonchev–Trinajstić information content (AvgIpc) is 2.21. The molecule has 0 heterocycles. The highest BCUT2D eigenvalue weighted by atomic mass is 19.1. The fourth-order valence-corrected chi connectivity index (χ4v) is 1.33. The maximum atomic E-state index is 12.7. The summed E-state index contributed by atoms with van der Waals surface area (Å²) in [6, 6.07) is 6.44. The molecule has 1 atom stereocenters. The van der Waals surface area contributed by atoms with Crippen LogP contribution in [-0.4, -0.2) is 13.1 Å². The quantitative estimate of drug-likeness (QED) is 0.726. The number of rotatable bonds is 5. The summed E-state index contributed by atoms with van der Waals surface area (Å²) in [4.78, 5) is 0. The average molecular weight is 208 g/mol. The summed E-state index contributed by atoms with van der Waals surface area (Å²) in [5.41, 5.74) is 7.69. The minimum absolute atomic E-state index is 0.0577. The first-order valence-corrected chi connectivity index (χ1v) is 4.96. The summed E-state index contributed by atoms with van der Waals surface area (Å²) in [7, 11) is 0. The van der Waals surface area contributed by atoms with E-state index in [0.29, 0.717) is 6.54 Å². The van der Waals surface area contributed by atoms with E-state index in [4.69, 9.17) is 5.73 Å². The van der Waals surface area contributed by atoms with Crippen molar-refractivity contribution >= 4 is 0 Å². The van der Waals surface area contributed by atoms with Crippen molar-refractivity contribution in [3.8, 4) is 0 Å². The van der Waals surface area contributed by atoms with E-state index in [0.717, 1.165) is 17.7 Å². The zero-order valence-electron chi connectivity index (χ0n) is 8.96. The van der Waals surface area contributed by atoms with E-state index in [-0.39, 0.29) is 11.9 Å². The normalized spacial score (nSPS) is 12.5. The summed E-state index contributed by atoms with van der Waals surface area (Å²) in [6.07, 6.45) is 0. The predicted octanol–water partition coefficient (Wildman–Crippen LogP) is 1.99. The molecule has 1 aromatic carbocycles. The van der Waals surface area contributed by atoms with Crippen LogP contribution in [0.5, 0.6) is 0 Å². The highest BCUT2D eigenvalue weighted by Gasteiger charge is 2.08. The smallest absolute Gasteiger partial charge is 0.123 e. The van der Waals surface area contributed by atoms with Gasteiger partial charge in [-0.2, -0.15) is 0 Å². The minimum atomic E-state index is -0.227. The lowest BCUT2D eigenvalue weighted by molar-refractivity contribution is 0.566. The number of nitrogens with two attached hydrogens (primary N) is 1. The van der Waals surface area contributed by atoms with E-state index < -0.39 is 0 Å². The lowest BCUT2D eigenvalue weighted by Gasteiger charge is -2.17. The third kappa shape index (κ3) is 3.81. The first kappa shape index (κ1) is 11.9. The van der Waals surface area contributed by atoms with Crippen molar-refractivity contribution in [3.63, 3.8) is 0 Å². The van der Waals surface area contributed by atoms with E-state index in [9.17, 15) is 4.39 Å². The molecule has 0 aliphatic carbocycles. The van der Waals surface area contributed by atoms with Gasteiger partial charge >= 0.3 is 0 Å². The topological polar surface area (TPSA) is 38.0 Å². The Kier molecular flexibility index (Phi) is 4.46. The van der Waals surface area contributed by atoms with Crippen LogP contribution in [0.25, 0.3) is 0 Å². The zero-order chi connectivity index (χ0) is 11.3. The molecule has 0 aromatic heterocycles. The zero-order valence-corrected chi connectivity index (χ0v) is 8.96. The number of benzene rings is 1. The second-order valence-corrected chi connectivity index (χ2v) is 3.68. The molecule has 82 valence electrons. The standard InChI is InChI=1S/C12H17FN2/c1-9(2)8-15-12(7-14)10-3-5-11(13)6-4-10/h3-6,12,15H,1,7-8,14H2,2H3. The third-order valence-electron chi connectivity index (χ3n) is 2.16.